The van der Waals surface area contributed by atoms with Gasteiger partial charge >= 0.3 is 0 Å². The second kappa shape index (κ2) is 10.7. The van der Waals surface area contributed by atoms with Crippen LogP contribution in [-0.4, -0.2) is 50.8 Å². The number of hydrogen-bond acceptors (Lipinski definition) is 4. The van der Waals surface area contributed by atoms with E-state index in [1.54, 1.807) is 23.1 Å². The molecule has 2 aromatic rings. The molecular formula is C23H28FN3O4S. The van der Waals surface area contributed by atoms with Crippen molar-refractivity contribution < 1.29 is 22.4 Å². The summed E-state index contributed by atoms with van der Waals surface area (Å²) < 4.78 is 41.4. The summed E-state index contributed by atoms with van der Waals surface area (Å²) in [6.45, 7) is 3.13. The van der Waals surface area contributed by atoms with Gasteiger partial charge in [0.2, 0.25) is 15.9 Å². The molecule has 32 heavy (non-hydrogen) atoms. The maximum Gasteiger partial charge on any atom is 0.253 e. The third kappa shape index (κ3) is 5.92. The predicted molar refractivity (Wildman–Crippen MR) is 119 cm³/mol. The first-order valence-electron chi connectivity index (χ1n) is 10.7. The highest BCUT2D eigenvalue weighted by atomic mass is 32.2. The number of nitrogens with zero attached hydrogens (tertiary/aromatic N) is 1. The minimum absolute atomic E-state index is 0.0946. The molecule has 2 N–H and O–H groups in total. The standard InChI is InChI=1S/C23H28FN3O4S/c1-2-14-25-22(28)21(26-32(30,31)20-6-4-3-5-7-20)17-12-15-27(16-13-17)23(29)18-8-10-19(24)11-9-18/h3-11,17,21,26H,2,12-16H2,1H3,(H,25,28). The minimum Gasteiger partial charge on any atom is -0.355 e. The summed E-state index contributed by atoms with van der Waals surface area (Å²) in [5.74, 6) is -1.25. The first-order valence-corrected chi connectivity index (χ1v) is 12.2. The van der Waals surface area contributed by atoms with Gasteiger partial charge in [-0.05, 0) is 61.6 Å². The molecule has 0 aromatic heterocycles. The zero-order valence-electron chi connectivity index (χ0n) is 18.0. The lowest BCUT2D eigenvalue weighted by molar-refractivity contribution is -0.124. The SMILES string of the molecule is CCCNC(=O)C(NS(=O)(=O)c1ccccc1)C1CCN(C(=O)c2ccc(F)cc2)CC1. The molecule has 1 fully saturated rings. The van der Waals surface area contributed by atoms with Gasteiger partial charge in [-0.3, -0.25) is 9.59 Å². The van der Waals surface area contributed by atoms with Crippen molar-refractivity contribution in [3.63, 3.8) is 0 Å². The van der Waals surface area contributed by atoms with Crippen molar-refractivity contribution in [2.75, 3.05) is 19.6 Å². The molecule has 0 radical (unpaired) electrons. The Labute approximate surface area is 188 Å². The Morgan fingerprint density at radius 1 is 1.06 bits per heavy atom. The Morgan fingerprint density at radius 3 is 2.28 bits per heavy atom. The van der Waals surface area contributed by atoms with Crippen molar-refractivity contribution in [2.45, 2.75) is 37.1 Å². The minimum atomic E-state index is -3.88. The average molecular weight is 462 g/mol. The van der Waals surface area contributed by atoms with Gasteiger partial charge in [-0.25, -0.2) is 12.8 Å². The fraction of sp³-hybridized carbons (Fsp3) is 0.391. The highest BCUT2D eigenvalue weighted by Crippen LogP contribution is 2.24. The number of piperidine rings is 1. The van der Waals surface area contributed by atoms with Crippen molar-refractivity contribution >= 4 is 21.8 Å². The maximum absolute atomic E-state index is 13.1. The van der Waals surface area contributed by atoms with Crippen LogP contribution >= 0.6 is 0 Å². The summed E-state index contributed by atoms with van der Waals surface area (Å²) in [7, 11) is -3.88. The van der Waals surface area contributed by atoms with E-state index >= 15 is 0 Å². The quantitative estimate of drug-likeness (QED) is 0.632. The Bertz CT molecular complexity index is 1020. The van der Waals surface area contributed by atoms with Crippen LogP contribution in [0.15, 0.2) is 59.5 Å². The maximum atomic E-state index is 13.1. The zero-order valence-corrected chi connectivity index (χ0v) is 18.8. The Hall–Kier alpha value is -2.78. The molecule has 0 aliphatic carbocycles. The molecular weight excluding hydrogens is 433 g/mol. The van der Waals surface area contributed by atoms with Gasteiger partial charge in [0.15, 0.2) is 0 Å². The number of hydrogen-bond donors (Lipinski definition) is 2. The molecule has 1 heterocycles. The fourth-order valence-electron chi connectivity index (χ4n) is 3.77. The third-order valence-corrected chi connectivity index (χ3v) is 7.01. The van der Waals surface area contributed by atoms with E-state index in [1.165, 1.54) is 36.4 Å². The van der Waals surface area contributed by atoms with Crippen molar-refractivity contribution in [3.05, 3.63) is 66.0 Å². The third-order valence-electron chi connectivity index (χ3n) is 5.56. The van der Waals surface area contributed by atoms with Gasteiger partial charge in [0.1, 0.15) is 11.9 Å². The van der Waals surface area contributed by atoms with E-state index < -0.39 is 21.9 Å². The van der Waals surface area contributed by atoms with Crippen LogP contribution in [-0.2, 0) is 14.8 Å². The zero-order chi connectivity index (χ0) is 23.1. The molecule has 1 saturated heterocycles. The second-order valence-corrected chi connectivity index (χ2v) is 9.55. The summed E-state index contributed by atoms with van der Waals surface area (Å²) in [5.41, 5.74) is 0.395. The van der Waals surface area contributed by atoms with Crippen LogP contribution in [0.5, 0.6) is 0 Å². The van der Waals surface area contributed by atoms with Crippen LogP contribution in [0, 0.1) is 11.7 Å². The Kier molecular flexibility index (Phi) is 7.98. The number of nitrogens with one attached hydrogen (secondary N) is 2. The molecule has 1 atom stereocenters. The van der Waals surface area contributed by atoms with E-state index in [2.05, 4.69) is 10.0 Å². The summed E-state index contributed by atoms with van der Waals surface area (Å²) in [4.78, 5) is 27.3. The average Bonchev–Trinajstić information content (AvgIpc) is 2.82. The van der Waals surface area contributed by atoms with Gasteiger partial charge in [0, 0.05) is 25.2 Å². The van der Waals surface area contributed by atoms with Gasteiger partial charge in [-0.2, -0.15) is 4.72 Å². The van der Waals surface area contributed by atoms with E-state index in [0.29, 0.717) is 38.0 Å². The molecule has 0 spiro atoms. The molecule has 1 unspecified atom stereocenters. The molecule has 7 nitrogen and oxygen atoms in total. The van der Waals surface area contributed by atoms with E-state index in [0.717, 1.165) is 6.42 Å². The van der Waals surface area contributed by atoms with Crippen LogP contribution in [0.2, 0.25) is 0 Å². The van der Waals surface area contributed by atoms with Crippen LogP contribution < -0.4 is 10.0 Å². The number of benzene rings is 2. The van der Waals surface area contributed by atoms with Crippen LogP contribution in [0.3, 0.4) is 0 Å². The number of amides is 2. The molecule has 1 aliphatic rings. The molecule has 3 rings (SSSR count). The van der Waals surface area contributed by atoms with Crippen LogP contribution in [0.1, 0.15) is 36.5 Å². The first-order chi connectivity index (χ1) is 15.3. The van der Waals surface area contributed by atoms with Crippen LogP contribution in [0.4, 0.5) is 4.39 Å². The Balaban J connectivity index is 1.71. The smallest absolute Gasteiger partial charge is 0.253 e. The molecule has 9 heteroatoms. The number of rotatable bonds is 8. The number of sulfonamides is 1. The van der Waals surface area contributed by atoms with Gasteiger partial charge < -0.3 is 10.2 Å². The van der Waals surface area contributed by atoms with Gasteiger partial charge in [-0.1, -0.05) is 25.1 Å². The van der Waals surface area contributed by atoms with Crippen molar-refractivity contribution in [1.29, 1.82) is 0 Å². The molecule has 1 aliphatic heterocycles. The largest absolute Gasteiger partial charge is 0.355 e. The highest BCUT2D eigenvalue weighted by molar-refractivity contribution is 7.89. The van der Waals surface area contributed by atoms with Gasteiger partial charge in [0.05, 0.1) is 4.90 Å². The number of halogens is 1. The van der Waals surface area contributed by atoms with Crippen molar-refractivity contribution in [3.8, 4) is 0 Å². The lowest BCUT2D eigenvalue weighted by Gasteiger charge is -2.35. The first kappa shape index (κ1) is 23.9. The lowest BCUT2D eigenvalue weighted by Crippen LogP contribution is -2.53. The predicted octanol–water partition coefficient (Wildman–Crippen LogP) is 2.55. The second-order valence-electron chi connectivity index (χ2n) is 7.84. The number of carbonyl (C=O) groups excluding carboxylic acids is 2. The van der Waals surface area contributed by atoms with E-state index in [1.807, 2.05) is 6.92 Å². The van der Waals surface area contributed by atoms with E-state index in [4.69, 9.17) is 0 Å². The molecule has 0 saturated carbocycles. The van der Waals surface area contributed by atoms with Crippen molar-refractivity contribution in [1.82, 2.24) is 14.9 Å². The topological polar surface area (TPSA) is 95.6 Å². The summed E-state index contributed by atoms with van der Waals surface area (Å²) >= 11 is 0. The molecule has 2 aromatic carbocycles. The van der Waals surface area contributed by atoms with Crippen molar-refractivity contribution in [2.24, 2.45) is 5.92 Å². The summed E-state index contributed by atoms with van der Waals surface area (Å²) in [6.07, 6.45) is 1.66. The monoisotopic (exact) mass is 461 g/mol. The molecule has 2 amide bonds. The number of carbonyl (C=O) groups is 2. The van der Waals surface area contributed by atoms with Gasteiger partial charge in [-0.15, -0.1) is 0 Å². The molecule has 0 bridgehead atoms. The van der Waals surface area contributed by atoms with Crippen LogP contribution in [0.25, 0.3) is 0 Å². The Morgan fingerprint density at radius 2 is 1.69 bits per heavy atom. The van der Waals surface area contributed by atoms with E-state index in [9.17, 15) is 22.4 Å². The number of likely N-dealkylation sites (tertiary alicyclic amines) is 1. The van der Waals surface area contributed by atoms with E-state index in [-0.39, 0.29) is 22.6 Å². The summed E-state index contributed by atoms with van der Waals surface area (Å²) in [5, 5.41) is 2.79. The normalized spacial score (nSPS) is 15.9. The molecule has 172 valence electrons. The lowest BCUT2D eigenvalue weighted by atomic mass is 9.89. The fourth-order valence-corrected chi connectivity index (χ4v) is 5.05. The highest BCUT2D eigenvalue weighted by Gasteiger charge is 2.35. The van der Waals surface area contributed by atoms with Gasteiger partial charge in [0.25, 0.3) is 5.91 Å². The summed E-state index contributed by atoms with van der Waals surface area (Å²) in [6, 6.07) is 12.4.